The molecule has 1 rings (SSSR count). The van der Waals surface area contributed by atoms with E-state index in [1.807, 2.05) is 19.9 Å². The topological polar surface area (TPSA) is 35.5 Å². The monoisotopic (exact) mass is 206 g/mol. The molecule has 0 bridgehead atoms. The van der Waals surface area contributed by atoms with Gasteiger partial charge >= 0.3 is 0 Å². The highest BCUT2D eigenvalue weighted by molar-refractivity contribution is 5.45. The normalized spacial score (nSPS) is 9.20. The Bertz CT molecular complexity index is 334. The van der Waals surface area contributed by atoms with Crippen molar-refractivity contribution in [3.05, 3.63) is 35.9 Å². The fourth-order valence-corrected chi connectivity index (χ4v) is 0.975. The van der Waals surface area contributed by atoms with Crippen LogP contribution in [0.15, 0.2) is 35.9 Å². The summed E-state index contributed by atoms with van der Waals surface area (Å²) in [5, 5.41) is 0. The minimum absolute atomic E-state index is 0.402. The Hall–Kier alpha value is -1.77. The summed E-state index contributed by atoms with van der Waals surface area (Å²) < 4.78 is 10.1. The van der Waals surface area contributed by atoms with Gasteiger partial charge in [-0.25, -0.2) is 0 Å². The molecule has 0 saturated carbocycles. The Labute approximate surface area is 89.3 Å². The predicted octanol–water partition coefficient (Wildman–Crippen LogP) is 2.57. The van der Waals surface area contributed by atoms with Gasteiger partial charge in [0.15, 0.2) is 0 Å². The molecule has 0 fully saturated rings. The predicted molar refractivity (Wildman–Crippen MR) is 58.1 cm³/mol. The lowest BCUT2D eigenvalue weighted by Gasteiger charge is -2.04. The number of hydrogen-bond donors (Lipinski definition) is 0. The van der Waals surface area contributed by atoms with Crippen molar-refractivity contribution in [2.24, 2.45) is 0 Å². The molecule has 0 aliphatic heterocycles. The van der Waals surface area contributed by atoms with E-state index in [1.165, 1.54) is 5.57 Å². The van der Waals surface area contributed by atoms with Crippen LogP contribution in [0.1, 0.15) is 13.8 Å². The summed E-state index contributed by atoms with van der Waals surface area (Å²) in [4.78, 5) is 10.0. The van der Waals surface area contributed by atoms with Gasteiger partial charge in [0.25, 0.3) is 6.47 Å². The van der Waals surface area contributed by atoms with Crippen molar-refractivity contribution in [3.63, 3.8) is 0 Å². The van der Waals surface area contributed by atoms with Gasteiger partial charge in [-0.05, 0) is 44.2 Å². The first kappa shape index (κ1) is 11.3. The standard InChI is InChI=1S/C12H14O3/c1-10(2)7-8-14-11-3-5-12(6-4-11)15-9-13/h3-7,9H,8H2,1-2H3. The van der Waals surface area contributed by atoms with Crippen LogP contribution in [0.3, 0.4) is 0 Å². The third-order valence-electron chi connectivity index (χ3n) is 1.75. The zero-order chi connectivity index (χ0) is 11.1. The van der Waals surface area contributed by atoms with Crippen LogP contribution in [0.25, 0.3) is 0 Å². The third kappa shape index (κ3) is 4.31. The fraction of sp³-hybridized carbons (Fsp3) is 0.250. The first-order chi connectivity index (χ1) is 7.22. The molecule has 80 valence electrons. The van der Waals surface area contributed by atoms with Gasteiger partial charge in [-0.3, -0.25) is 4.79 Å². The van der Waals surface area contributed by atoms with E-state index in [0.29, 0.717) is 18.8 Å². The summed E-state index contributed by atoms with van der Waals surface area (Å²) in [5.41, 5.74) is 1.22. The Morgan fingerprint density at radius 3 is 2.33 bits per heavy atom. The second kappa shape index (κ2) is 5.86. The molecule has 1 aromatic rings. The molecule has 3 heteroatoms. The number of carbonyl (C=O) groups is 1. The Morgan fingerprint density at radius 2 is 1.80 bits per heavy atom. The van der Waals surface area contributed by atoms with Crippen LogP contribution in [0, 0.1) is 0 Å². The second-order valence-electron chi connectivity index (χ2n) is 3.28. The lowest BCUT2D eigenvalue weighted by atomic mass is 10.3. The van der Waals surface area contributed by atoms with Gasteiger partial charge in [0.2, 0.25) is 0 Å². The van der Waals surface area contributed by atoms with Crippen molar-refractivity contribution in [1.82, 2.24) is 0 Å². The molecule has 0 amide bonds. The van der Waals surface area contributed by atoms with E-state index in [0.717, 1.165) is 5.75 Å². The average Bonchev–Trinajstić information content (AvgIpc) is 2.20. The molecule has 0 unspecified atom stereocenters. The first-order valence-corrected chi connectivity index (χ1v) is 4.69. The zero-order valence-electron chi connectivity index (χ0n) is 8.90. The molecule has 0 N–H and O–H groups in total. The van der Waals surface area contributed by atoms with Gasteiger partial charge in [0, 0.05) is 0 Å². The summed E-state index contributed by atoms with van der Waals surface area (Å²) >= 11 is 0. The summed E-state index contributed by atoms with van der Waals surface area (Å²) in [5.74, 6) is 1.27. The fourth-order valence-electron chi connectivity index (χ4n) is 0.975. The van der Waals surface area contributed by atoms with Crippen molar-refractivity contribution in [2.75, 3.05) is 6.61 Å². The minimum atomic E-state index is 0.402. The van der Waals surface area contributed by atoms with E-state index in [1.54, 1.807) is 24.3 Å². The number of allylic oxidation sites excluding steroid dienone is 1. The van der Waals surface area contributed by atoms with Crippen LogP contribution in [0.4, 0.5) is 0 Å². The molecule has 0 aliphatic rings. The van der Waals surface area contributed by atoms with Crippen molar-refractivity contribution in [2.45, 2.75) is 13.8 Å². The molecular weight excluding hydrogens is 192 g/mol. The minimum Gasteiger partial charge on any atom is -0.490 e. The maximum atomic E-state index is 10.0. The molecule has 0 atom stereocenters. The largest absolute Gasteiger partial charge is 0.490 e. The van der Waals surface area contributed by atoms with Crippen LogP contribution in [0.2, 0.25) is 0 Å². The zero-order valence-corrected chi connectivity index (χ0v) is 8.90. The summed E-state index contributed by atoms with van der Waals surface area (Å²) in [6.45, 7) is 4.99. The van der Waals surface area contributed by atoms with E-state index in [2.05, 4.69) is 4.74 Å². The smallest absolute Gasteiger partial charge is 0.298 e. The highest BCUT2D eigenvalue weighted by Gasteiger charge is 1.94. The molecular formula is C12H14O3. The molecule has 0 aromatic heterocycles. The van der Waals surface area contributed by atoms with Crippen LogP contribution in [-0.2, 0) is 4.79 Å². The second-order valence-corrected chi connectivity index (χ2v) is 3.28. The highest BCUT2D eigenvalue weighted by Crippen LogP contribution is 2.16. The van der Waals surface area contributed by atoms with Crippen molar-refractivity contribution >= 4 is 6.47 Å². The third-order valence-corrected chi connectivity index (χ3v) is 1.75. The van der Waals surface area contributed by atoms with Gasteiger partial charge in [-0.2, -0.15) is 0 Å². The van der Waals surface area contributed by atoms with E-state index in [4.69, 9.17) is 4.74 Å². The summed E-state index contributed by atoms with van der Waals surface area (Å²) in [6, 6.07) is 6.90. The molecule has 0 radical (unpaired) electrons. The quantitative estimate of drug-likeness (QED) is 0.548. The van der Waals surface area contributed by atoms with Crippen LogP contribution >= 0.6 is 0 Å². The molecule has 0 heterocycles. The van der Waals surface area contributed by atoms with E-state index in [9.17, 15) is 4.79 Å². The van der Waals surface area contributed by atoms with Crippen molar-refractivity contribution < 1.29 is 14.3 Å². The average molecular weight is 206 g/mol. The lowest BCUT2D eigenvalue weighted by Crippen LogP contribution is -1.94. The van der Waals surface area contributed by atoms with E-state index in [-0.39, 0.29) is 0 Å². The highest BCUT2D eigenvalue weighted by atomic mass is 16.5. The lowest BCUT2D eigenvalue weighted by molar-refractivity contribution is -0.120. The molecule has 0 saturated heterocycles. The maximum absolute atomic E-state index is 10.0. The Balaban J connectivity index is 2.49. The number of carbonyl (C=O) groups excluding carboxylic acids is 1. The van der Waals surface area contributed by atoms with E-state index < -0.39 is 0 Å². The van der Waals surface area contributed by atoms with Gasteiger partial charge in [0.1, 0.15) is 18.1 Å². The van der Waals surface area contributed by atoms with Gasteiger partial charge < -0.3 is 9.47 Å². The molecule has 0 aliphatic carbocycles. The maximum Gasteiger partial charge on any atom is 0.298 e. The van der Waals surface area contributed by atoms with Crippen molar-refractivity contribution in [1.29, 1.82) is 0 Å². The van der Waals surface area contributed by atoms with Crippen LogP contribution < -0.4 is 9.47 Å². The number of ether oxygens (including phenoxy) is 2. The van der Waals surface area contributed by atoms with Crippen LogP contribution in [-0.4, -0.2) is 13.1 Å². The SMILES string of the molecule is CC(C)=CCOc1ccc(OC=O)cc1. The number of rotatable bonds is 5. The summed E-state index contributed by atoms with van der Waals surface area (Å²) in [7, 11) is 0. The number of benzene rings is 1. The molecule has 3 nitrogen and oxygen atoms in total. The van der Waals surface area contributed by atoms with E-state index >= 15 is 0 Å². The Morgan fingerprint density at radius 1 is 1.20 bits per heavy atom. The van der Waals surface area contributed by atoms with Gasteiger partial charge in [-0.15, -0.1) is 0 Å². The van der Waals surface area contributed by atoms with Crippen molar-refractivity contribution in [3.8, 4) is 11.5 Å². The molecule has 0 spiro atoms. The summed E-state index contributed by atoms with van der Waals surface area (Å²) in [6.07, 6.45) is 2.00. The molecule has 15 heavy (non-hydrogen) atoms. The number of hydrogen-bond acceptors (Lipinski definition) is 3. The van der Waals surface area contributed by atoms with Gasteiger partial charge in [-0.1, -0.05) is 5.57 Å². The van der Waals surface area contributed by atoms with Gasteiger partial charge in [0.05, 0.1) is 0 Å². The Kier molecular flexibility index (Phi) is 4.41. The van der Waals surface area contributed by atoms with Crippen LogP contribution in [0.5, 0.6) is 11.5 Å². The molecule has 1 aromatic carbocycles. The first-order valence-electron chi connectivity index (χ1n) is 4.69.